The molecular formula is C30H33F4IN4O2. The van der Waals surface area contributed by atoms with Crippen LogP contribution in [-0.4, -0.2) is 54.6 Å². The summed E-state index contributed by atoms with van der Waals surface area (Å²) in [5.41, 5.74) is 1.24. The lowest BCUT2D eigenvalue weighted by Gasteiger charge is -2.37. The molecule has 0 saturated heterocycles. The summed E-state index contributed by atoms with van der Waals surface area (Å²) < 4.78 is 58.8. The number of nitrogens with one attached hydrogen (secondary N) is 2. The maximum atomic E-state index is 13.9. The number of urea groups is 1. The van der Waals surface area contributed by atoms with Gasteiger partial charge in [-0.3, -0.25) is 4.98 Å². The van der Waals surface area contributed by atoms with Gasteiger partial charge in [-0.1, -0.05) is 71.1 Å². The van der Waals surface area contributed by atoms with Gasteiger partial charge >= 0.3 is 18.6 Å². The standard InChI is InChI=1S/C30H33F4IN4O2/c1-39(2)25-13-7-12-24(25)37-28(40)38-29(17-20-8-4-3-5-9-20,26-15-14-21(18-35)19-36-26)22-10-6-11-23(16-22)41-30(33,34)27(31)32/h3-6,8-11,14-16,19,24-25,27H,7,12-13,17-18H2,1-2H3,(H2,37,38,40)/t24-,25-,29-/m1/s1. The Kier molecular flexibility index (Phi) is 10.1. The predicted octanol–water partition coefficient (Wildman–Crippen LogP) is 6.52. The van der Waals surface area contributed by atoms with E-state index in [-0.39, 0.29) is 18.5 Å². The van der Waals surface area contributed by atoms with Crippen LogP contribution in [0.3, 0.4) is 0 Å². The van der Waals surface area contributed by atoms with Crippen LogP contribution >= 0.6 is 22.6 Å². The van der Waals surface area contributed by atoms with Crippen molar-refractivity contribution in [3.8, 4) is 5.75 Å². The minimum Gasteiger partial charge on any atom is -0.428 e. The van der Waals surface area contributed by atoms with Crippen LogP contribution in [0.4, 0.5) is 22.4 Å². The minimum absolute atomic E-state index is 0.0896. The number of likely N-dealkylation sites (N-methyl/N-ethyl adjacent to an activating group) is 1. The van der Waals surface area contributed by atoms with Gasteiger partial charge in [-0.05, 0) is 68.2 Å². The SMILES string of the molecule is CN(C)[C@@H]1CCC[C@H]1NC(=O)N[C@](Cc1ccccc1)(c1cccc(OC(F)(F)C(F)F)c1)c1ccc(CI)cn1. The van der Waals surface area contributed by atoms with E-state index < -0.39 is 29.9 Å². The number of rotatable bonds is 11. The van der Waals surface area contributed by atoms with E-state index in [1.165, 1.54) is 18.2 Å². The Balaban J connectivity index is 1.81. The maximum Gasteiger partial charge on any atom is 0.461 e. The summed E-state index contributed by atoms with van der Waals surface area (Å²) in [6.07, 6.45) is -4.06. The van der Waals surface area contributed by atoms with Crippen LogP contribution in [0, 0.1) is 0 Å². The molecule has 2 amide bonds. The smallest absolute Gasteiger partial charge is 0.428 e. The topological polar surface area (TPSA) is 66.5 Å². The highest BCUT2D eigenvalue weighted by molar-refractivity contribution is 14.1. The molecule has 1 fully saturated rings. The van der Waals surface area contributed by atoms with Crippen LogP contribution < -0.4 is 15.4 Å². The molecule has 1 aromatic heterocycles. The van der Waals surface area contributed by atoms with Crippen LogP contribution in [0.1, 0.15) is 41.6 Å². The van der Waals surface area contributed by atoms with Crippen LogP contribution in [-0.2, 0) is 16.4 Å². The molecule has 3 atom stereocenters. The van der Waals surface area contributed by atoms with Crippen molar-refractivity contribution >= 4 is 28.6 Å². The van der Waals surface area contributed by atoms with Crippen LogP contribution in [0.15, 0.2) is 72.9 Å². The molecule has 1 aliphatic rings. The largest absolute Gasteiger partial charge is 0.461 e. The molecule has 41 heavy (non-hydrogen) atoms. The molecule has 1 heterocycles. The number of amides is 2. The summed E-state index contributed by atoms with van der Waals surface area (Å²) in [5, 5.41) is 6.23. The van der Waals surface area contributed by atoms with E-state index in [1.807, 2.05) is 50.5 Å². The Morgan fingerprint density at radius 2 is 1.83 bits per heavy atom. The van der Waals surface area contributed by atoms with Gasteiger partial charge in [0.2, 0.25) is 0 Å². The third-order valence-electron chi connectivity index (χ3n) is 7.35. The molecule has 11 heteroatoms. The molecule has 4 rings (SSSR count). The Morgan fingerprint density at radius 1 is 1.07 bits per heavy atom. The van der Waals surface area contributed by atoms with Crippen LogP contribution in [0.25, 0.3) is 0 Å². The average molecular weight is 685 g/mol. The van der Waals surface area contributed by atoms with Gasteiger partial charge in [-0.2, -0.15) is 17.6 Å². The molecule has 1 saturated carbocycles. The van der Waals surface area contributed by atoms with Gasteiger partial charge in [0.05, 0.1) is 5.69 Å². The molecule has 220 valence electrons. The lowest BCUT2D eigenvalue weighted by molar-refractivity contribution is -0.253. The third kappa shape index (κ3) is 7.48. The molecule has 2 aromatic carbocycles. The van der Waals surface area contributed by atoms with E-state index in [1.54, 1.807) is 18.3 Å². The van der Waals surface area contributed by atoms with Gasteiger partial charge in [0.25, 0.3) is 0 Å². The summed E-state index contributed by atoms with van der Waals surface area (Å²) in [4.78, 5) is 20.5. The quantitative estimate of drug-likeness (QED) is 0.137. The monoisotopic (exact) mass is 684 g/mol. The van der Waals surface area contributed by atoms with Crippen molar-refractivity contribution in [2.45, 2.75) is 60.3 Å². The molecule has 0 aliphatic heterocycles. The first kappa shape index (κ1) is 31.0. The lowest BCUT2D eigenvalue weighted by Crippen LogP contribution is -2.56. The number of benzene rings is 2. The fraction of sp³-hybridized carbons (Fsp3) is 0.400. The molecule has 6 nitrogen and oxygen atoms in total. The number of alkyl halides is 5. The van der Waals surface area contributed by atoms with Crippen molar-refractivity contribution in [3.05, 3.63) is 95.3 Å². The summed E-state index contributed by atoms with van der Waals surface area (Å²) in [7, 11) is 3.95. The van der Waals surface area contributed by atoms with Gasteiger partial charge in [-0.25, -0.2) is 4.79 Å². The normalized spacial score (nSPS) is 18.8. The van der Waals surface area contributed by atoms with E-state index in [2.05, 4.69) is 42.9 Å². The first-order chi connectivity index (χ1) is 19.5. The highest BCUT2D eigenvalue weighted by atomic mass is 127. The molecular weight excluding hydrogens is 651 g/mol. The number of nitrogens with zero attached hydrogens (tertiary/aromatic N) is 2. The Hall–Kier alpha value is -2.93. The van der Waals surface area contributed by atoms with E-state index in [9.17, 15) is 22.4 Å². The Labute approximate surface area is 251 Å². The van der Waals surface area contributed by atoms with Crippen molar-refractivity contribution in [1.29, 1.82) is 0 Å². The molecule has 0 bridgehead atoms. The second-order valence-corrected chi connectivity index (χ2v) is 11.2. The van der Waals surface area contributed by atoms with E-state index in [0.717, 1.165) is 30.4 Å². The maximum absolute atomic E-state index is 13.9. The molecule has 0 spiro atoms. The Bertz CT molecular complexity index is 1300. The zero-order chi connectivity index (χ0) is 29.6. The summed E-state index contributed by atoms with van der Waals surface area (Å²) in [6.45, 7) is 0. The van der Waals surface area contributed by atoms with Gasteiger partial charge in [0, 0.05) is 29.1 Å². The second-order valence-electron chi connectivity index (χ2n) is 10.4. The number of carbonyl (C=O) groups is 1. The van der Waals surface area contributed by atoms with Crippen molar-refractivity contribution < 1.29 is 27.1 Å². The third-order valence-corrected chi connectivity index (χ3v) is 8.23. The molecule has 0 radical (unpaired) electrons. The summed E-state index contributed by atoms with van der Waals surface area (Å²) in [6, 6.07) is 18.2. The van der Waals surface area contributed by atoms with Gasteiger partial charge in [0.15, 0.2) is 0 Å². The predicted molar refractivity (Wildman–Crippen MR) is 158 cm³/mol. The number of hydrogen-bond acceptors (Lipinski definition) is 4. The molecule has 2 N–H and O–H groups in total. The number of ether oxygens (including phenoxy) is 1. The van der Waals surface area contributed by atoms with Crippen LogP contribution in [0.2, 0.25) is 0 Å². The Morgan fingerprint density at radius 3 is 2.46 bits per heavy atom. The number of aromatic nitrogens is 1. The highest BCUT2D eigenvalue weighted by Gasteiger charge is 2.45. The molecule has 3 aromatic rings. The number of halogens is 5. The fourth-order valence-corrected chi connectivity index (χ4v) is 5.78. The first-order valence-corrected chi connectivity index (χ1v) is 14.8. The molecule has 1 aliphatic carbocycles. The van der Waals surface area contributed by atoms with Crippen molar-refractivity contribution in [1.82, 2.24) is 20.5 Å². The highest BCUT2D eigenvalue weighted by Crippen LogP contribution is 2.36. The van der Waals surface area contributed by atoms with Gasteiger partial charge in [0.1, 0.15) is 11.3 Å². The lowest BCUT2D eigenvalue weighted by atomic mass is 9.80. The van der Waals surface area contributed by atoms with Crippen molar-refractivity contribution in [2.24, 2.45) is 0 Å². The average Bonchev–Trinajstić information content (AvgIpc) is 3.41. The van der Waals surface area contributed by atoms with E-state index in [4.69, 9.17) is 4.98 Å². The first-order valence-electron chi connectivity index (χ1n) is 13.3. The van der Waals surface area contributed by atoms with Gasteiger partial charge in [-0.15, -0.1) is 0 Å². The second kappa shape index (κ2) is 13.4. The van der Waals surface area contributed by atoms with Crippen molar-refractivity contribution in [3.63, 3.8) is 0 Å². The van der Waals surface area contributed by atoms with E-state index >= 15 is 0 Å². The van der Waals surface area contributed by atoms with E-state index in [0.29, 0.717) is 15.7 Å². The fourth-order valence-electron chi connectivity index (χ4n) is 5.33. The number of carbonyl (C=O) groups excluding carboxylic acids is 1. The summed E-state index contributed by atoms with van der Waals surface area (Å²) in [5.74, 6) is -0.459. The minimum atomic E-state index is -4.69. The number of pyridine rings is 1. The molecule has 0 unspecified atom stereocenters. The number of hydrogen-bond donors (Lipinski definition) is 2. The van der Waals surface area contributed by atoms with Crippen LogP contribution in [0.5, 0.6) is 5.75 Å². The zero-order valence-corrected chi connectivity index (χ0v) is 25.0. The van der Waals surface area contributed by atoms with Crippen molar-refractivity contribution in [2.75, 3.05) is 14.1 Å². The summed E-state index contributed by atoms with van der Waals surface area (Å²) >= 11 is 2.22. The zero-order valence-electron chi connectivity index (χ0n) is 22.8. The van der Waals surface area contributed by atoms with Gasteiger partial charge < -0.3 is 20.3 Å².